The monoisotopic (exact) mass is 425 g/mol. The highest BCUT2D eigenvalue weighted by Gasteiger charge is 2.34. The molecule has 1 unspecified atom stereocenters. The van der Waals surface area contributed by atoms with Crippen molar-refractivity contribution in [3.05, 3.63) is 57.8 Å². The predicted molar refractivity (Wildman–Crippen MR) is 120 cm³/mol. The molecule has 2 aliphatic rings. The van der Waals surface area contributed by atoms with E-state index in [-0.39, 0.29) is 17.9 Å². The Morgan fingerprint density at radius 2 is 1.83 bits per heavy atom. The Morgan fingerprint density at radius 3 is 2.57 bits per heavy atom. The Hall–Kier alpha value is -2.18. The molecule has 3 heterocycles. The number of thiophene rings is 1. The Bertz CT molecular complexity index is 850. The lowest BCUT2D eigenvalue weighted by atomic mass is 10.0. The zero-order chi connectivity index (χ0) is 20.9. The second-order valence-corrected chi connectivity index (χ2v) is 9.43. The van der Waals surface area contributed by atoms with Gasteiger partial charge in [0.15, 0.2) is 0 Å². The van der Waals surface area contributed by atoms with E-state index in [4.69, 9.17) is 0 Å². The summed E-state index contributed by atoms with van der Waals surface area (Å²) in [5.41, 5.74) is 2.41. The first kappa shape index (κ1) is 21.1. The molecular formula is C24H31N3O2S. The van der Waals surface area contributed by atoms with Crippen LogP contribution < -0.4 is 5.32 Å². The maximum absolute atomic E-state index is 12.8. The van der Waals surface area contributed by atoms with E-state index in [1.165, 1.54) is 42.7 Å². The lowest BCUT2D eigenvalue weighted by Crippen LogP contribution is -2.45. The van der Waals surface area contributed by atoms with Gasteiger partial charge in [0, 0.05) is 25.7 Å². The Morgan fingerprint density at radius 1 is 1.03 bits per heavy atom. The van der Waals surface area contributed by atoms with Gasteiger partial charge in [-0.15, -0.1) is 11.3 Å². The van der Waals surface area contributed by atoms with Crippen LogP contribution in [0.25, 0.3) is 0 Å². The Balaban J connectivity index is 1.29. The van der Waals surface area contributed by atoms with E-state index >= 15 is 0 Å². The van der Waals surface area contributed by atoms with E-state index in [1.54, 1.807) is 4.90 Å². The molecule has 0 radical (unpaired) electrons. The van der Waals surface area contributed by atoms with E-state index in [9.17, 15) is 9.59 Å². The zero-order valence-electron chi connectivity index (χ0n) is 17.7. The van der Waals surface area contributed by atoms with Crippen molar-refractivity contribution in [1.82, 2.24) is 15.1 Å². The first-order chi connectivity index (χ1) is 14.6. The fourth-order valence-electron chi connectivity index (χ4n) is 4.52. The fraction of sp³-hybridized carbons (Fsp3) is 0.500. The van der Waals surface area contributed by atoms with E-state index in [0.717, 1.165) is 24.9 Å². The lowest BCUT2D eigenvalue weighted by molar-refractivity contribution is -0.125. The number of hydrogen-bond acceptors (Lipinski definition) is 4. The maximum atomic E-state index is 12.8. The van der Waals surface area contributed by atoms with Crippen LogP contribution in [0.3, 0.4) is 0 Å². The van der Waals surface area contributed by atoms with Crippen LogP contribution in [-0.2, 0) is 17.9 Å². The summed E-state index contributed by atoms with van der Waals surface area (Å²) in [4.78, 5) is 30.4. The molecule has 1 aromatic carbocycles. The molecule has 1 aromatic heterocycles. The molecule has 2 aromatic rings. The van der Waals surface area contributed by atoms with Crippen molar-refractivity contribution in [2.24, 2.45) is 0 Å². The predicted octanol–water partition coefficient (Wildman–Crippen LogP) is 4.04. The zero-order valence-corrected chi connectivity index (χ0v) is 18.5. The van der Waals surface area contributed by atoms with Gasteiger partial charge in [0.25, 0.3) is 5.91 Å². The highest BCUT2D eigenvalue weighted by molar-refractivity contribution is 7.12. The Kier molecular flexibility index (Phi) is 6.85. The lowest BCUT2D eigenvalue weighted by Gasteiger charge is -2.33. The molecule has 2 fully saturated rings. The SMILES string of the molecule is CC1CCCCN1Cc1ccc(CNC(=O)[C@@H]2CCCN2C(=O)c2cccs2)cc1. The van der Waals surface area contributed by atoms with Crippen LogP contribution in [0, 0.1) is 0 Å². The van der Waals surface area contributed by atoms with E-state index in [2.05, 4.69) is 41.4 Å². The second-order valence-electron chi connectivity index (χ2n) is 8.48. The van der Waals surface area contributed by atoms with Gasteiger partial charge in [0.1, 0.15) is 6.04 Å². The van der Waals surface area contributed by atoms with E-state index in [0.29, 0.717) is 24.0 Å². The van der Waals surface area contributed by atoms with Crippen LogP contribution in [0.5, 0.6) is 0 Å². The van der Waals surface area contributed by atoms with Crippen molar-refractivity contribution in [1.29, 1.82) is 0 Å². The minimum Gasteiger partial charge on any atom is -0.350 e. The molecular weight excluding hydrogens is 394 g/mol. The van der Waals surface area contributed by atoms with E-state index in [1.807, 2.05) is 17.5 Å². The van der Waals surface area contributed by atoms with Gasteiger partial charge in [0.05, 0.1) is 4.88 Å². The minimum absolute atomic E-state index is 0.0288. The third-order valence-corrected chi connectivity index (χ3v) is 7.22. The van der Waals surface area contributed by atoms with Crippen LogP contribution >= 0.6 is 11.3 Å². The summed E-state index contributed by atoms with van der Waals surface area (Å²) in [6.07, 6.45) is 5.53. The number of carbonyl (C=O) groups excluding carboxylic acids is 2. The molecule has 160 valence electrons. The molecule has 4 rings (SSSR count). The topological polar surface area (TPSA) is 52.7 Å². The third kappa shape index (κ3) is 4.93. The summed E-state index contributed by atoms with van der Waals surface area (Å²) < 4.78 is 0. The van der Waals surface area contributed by atoms with Crippen molar-refractivity contribution in [3.63, 3.8) is 0 Å². The number of hydrogen-bond donors (Lipinski definition) is 1. The number of nitrogens with one attached hydrogen (secondary N) is 1. The summed E-state index contributed by atoms with van der Waals surface area (Å²) in [6, 6.07) is 12.5. The molecule has 30 heavy (non-hydrogen) atoms. The summed E-state index contributed by atoms with van der Waals surface area (Å²) in [7, 11) is 0. The summed E-state index contributed by atoms with van der Waals surface area (Å²) in [5.74, 6) is -0.0810. The van der Waals surface area contributed by atoms with Crippen LogP contribution in [0.2, 0.25) is 0 Å². The number of benzene rings is 1. The first-order valence-electron chi connectivity index (χ1n) is 11.1. The average Bonchev–Trinajstić information content (AvgIpc) is 3.46. The molecule has 2 amide bonds. The van der Waals surface area contributed by atoms with Gasteiger partial charge in [0.2, 0.25) is 5.91 Å². The third-order valence-electron chi connectivity index (χ3n) is 6.36. The number of amides is 2. The van der Waals surface area contributed by atoms with Crippen molar-refractivity contribution in [2.45, 2.75) is 64.2 Å². The highest BCUT2D eigenvalue weighted by atomic mass is 32.1. The van der Waals surface area contributed by atoms with Crippen molar-refractivity contribution >= 4 is 23.2 Å². The molecule has 2 aliphatic heterocycles. The smallest absolute Gasteiger partial charge is 0.264 e. The molecule has 0 aliphatic carbocycles. The van der Waals surface area contributed by atoms with Gasteiger partial charge in [-0.2, -0.15) is 0 Å². The number of carbonyl (C=O) groups is 2. The quantitative estimate of drug-likeness (QED) is 0.760. The molecule has 0 saturated carbocycles. The highest BCUT2D eigenvalue weighted by Crippen LogP contribution is 2.23. The van der Waals surface area contributed by atoms with Crippen LogP contribution in [-0.4, -0.2) is 46.8 Å². The van der Waals surface area contributed by atoms with E-state index < -0.39 is 0 Å². The van der Waals surface area contributed by atoms with Crippen molar-refractivity contribution in [3.8, 4) is 0 Å². The maximum Gasteiger partial charge on any atom is 0.264 e. The molecule has 6 heteroatoms. The van der Waals surface area contributed by atoms with Gasteiger partial charge in [-0.05, 0) is 61.7 Å². The van der Waals surface area contributed by atoms with Crippen molar-refractivity contribution < 1.29 is 9.59 Å². The molecule has 0 bridgehead atoms. The van der Waals surface area contributed by atoms with Crippen molar-refractivity contribution in [2.75, 3.05) is 13.1 Å². The number of likely N-dealkylation sites (tertiary alicyclic amines) is 2. The number of nitrogens with zero attached hydrogens (tertiary/aromatic N) is 2. The van der Waals surface area contributed by atoms with Gasteiger partial charge in [-0.3, -0.25) is 14.5 Å². The van der Waals surface area contributed by atoms with Crippen LogP contribution in [0.15, 0.2) is 41.8 Å². The molecule has 0 spiro atoms. The van der Waals surface area contributed by atoms with Gasteiger partial charge in [-0.1, -0.05) is 36.8 Å². The molecule has 2 saturated heterocycles. The van der Waals surface area contributed by atoms with Crippen LogP contribution in [0.1, 0.15) is 59.8 Å². The minimum atomic E-state index is -0.362. The molecule has 2 atom stereocenters. The summed E-state index contributed by atoms with van der Waals surface area (Å²) >= 11 is 1.43. The first-order valence-corrected chi connectivity index (χ1v) is 11.9. The fourth-order valence-corrected chi connectivity index (χ4v) is 5.20. The van der Waals surface area contributed by atoms with Crippen LogP contribution in [0.4, 0.5) is 0 Å². The Labute approximate surface area is 183 Å². The second kappa shape index (κ2) is 9.75. The van der Waals surface area contributed by atoms with Gasteiger partial charge < -0.3 is 10.2 Å². The van der Waals surface area contributed by atoms with Gasteiger partial charge in [-0.25, -0.2) is 0 Å². The summed E-state index contributed by atoms with van der Waals surface area (Å²) in [6.45, 7) is 5.64. The standard InChI is InChI=1S/C24H31N3O2S/c1-18-6-2-3-13-26(18)17-20-11-9-19(10-12-20)16-25-23(28)21-7-4-14-27(21)24(29)22-8-5-15-30-22/h5,8-12,15,18,21H,2-4,6-7,13-14,16-17H2,1H3,(H,25,28)/t18?,21-/m0/s1. The largest absolute Gasteiger partial charge is 0.350 e. The number of piperidine rings is 1. The normalized spacial score (nSPS) is 22.2. The summed E-state index contributed by atoms with van der Waals surface area (Å²) in [5, 5.41) is 4.94. The number of rotatable bonds is 6. The molecule has 5 nitrogen and oxygen atoms in total. The molecule has 1 N–H and O–H groups in total. The average molecular weight is 426 g/mol. The van der Waals surface area contributed by atoms with Gasteiger partial charge >= 0.3 is 0 Å².